The fourth-order valence-corrected chi connectivity index (χ4v) is 8.71. The lowest BCUT2D eigenvalue weighted by atomic mass is 9.51. The Morgan fingerprint density at radius 1 is 0.729 bits per heavy atom. The third-order valence-electron chi connectivity index (χ3n) is 11.0. The maximum absolute atomic E-state index is 14.5. The number of benzene rings is 4. The number of hydrogen-bond acceptors (Lipinski definition) is 6. The van der Waals surface area contributed by atoms with Crippen molar-refractivity contribution in [1.29, 1.82) is 0 Å². The summed E-state index contributed by atoms with van der Waals surface area (Å²) in [7, 11) is 0. The largest absolute Gasteiger partial charge is 0.508 e. The van der Waals surface area contributed by atoms with E-state index in [1.165, 1.54) is 9.80 Å². The van der Waals surface area contributed by atoms with E-state index >= 15 is 0 Å². The Morgan fingerprint density at radius 3 is 2.06 bits per heavy atom. The van der Waals surface area contributed by atoms with Crippen molar-refractivity contribution in [2.45, 2.75) is 32.6 Å². The summed E-state index contributed by atoms with van der Waals surface area (Å²) >= 11 is 0. The Kier molecular flexibility index (Phi) is 6.87. The van der Waals surface area contributed by atoms with Crippen LogP contribution in [0.25, 0.3) is 0 Å². The van der Waals surface area contributed by atoms with Crippen LogP contribution in [0.4, 0.5) is 22.7 Å². The van der Waals surface area contributed by atoms with E-state index in [2.05, 4.69) is 5.32 Å². The number of carbonyl (C=O) groups excluding carboxylic acids is 4. The lowest BCUT2D eigenvalue weighted by Gasteiger charge is -2.49. The van der Waals surface area contributed by atoms with E-state index in [4.69, 9.17) is 0 Å². The van der Waals surface area contributed by atoms with Gasteiger partial charge in [0.25, 0.3) is 0 Å². The highest BCUT2D eigenvalue weighted by molar-refractivity contribution is 6.25. The van der Waals surface area contributed by atoms with Gasteiger partial charge in [-0.25, -0.2) is 4.90 Å². The maximum Gasteiger partial charge on any atom is 0.241 e. The normalized spacial score (nSPS) is 27.8. The molecule has 8 nitrogen and oxygen atoms in total. The summed E-state index contributed by atoms with van der Waals surface area (Å²) in [6.07, 6.45) is 2.70. The SMILES string of the molecule is Cc1cc([C@H]2C3=CC[C@@H]4C(=O)N(c5ccc(Nc6ccccc6)cc5)C(=O)[C@@H]4[C@@H]3C[C@H]3C(=O)N(c4ccccc4)C(=O)[C@@]23C)ccc1O. The minimum absolute atomic E-state index is 0.141. The highest BCUT2D eigenvalue weighted by Gasteiger charge is 2.67. The number of nitrogens with zero attached hydrogens (tertiary/aromatic N) is 2. The monoisotopic (exact) mass is 637 g/mol. The molecule has 0 aromatic heterocycles. The summed E-state index contributed by atoms with van der Waals surface area (Å²) in [5.41, 5.74) is 4.03. The topological polar surface area (TPSA) is 107 Å². The predicted octanol–water partition coefficient (Wildman–Crippen LogP) is 6.88. The summed E-state index contributed by atoms with van der Waals surface area (Å²) in [5.74, 6) is -3.78. The number of hydrogen-bond donors (Lipinski definition) is 2. The van der Waals surface area contributed by atoms with E-state index in [9.17, 15) is 24.3 Å². The minimum Gasteiger partial charge on any atom is -0.508 e. The van der Waals surface area contributed by atoms with Crippen LogP contribution >= 0.6 is 0 Å². The Balaban J connectivity index is 1.18. The fraction of sp³-hybridized carbons (Fsp3) is 0.250. The molecule has 8 rings (SSSR count). The van der Waals surface area contributed by atoms with Gasteiger partial charge in [0.15, 0.2) is 0 Å². The summed E-state index contributed by atoms with van der Waals surface area (Å²) < 4.78 is 0. The number of amides is 4. The van der Waals surface area contributed by atoms with Gasteiger partial charge >= 0.3 is 0 Å². The standard InChI is InChI=1S/C40H35N3O5/c1-23-21-24(13-20-33(23)44)35-29-18-19-30-34(31(29)22-32-37(46)43(39(48)40(32,35)2)27-11-7-4-8-12-27)38(47)42(36(30)45)28-16-14-26(15-17-28)41-25-9-5-3-6-10-25/h3-18,20-21,30-32,34-35,41,44H,19,22H2,1-2H3/t30-,31+,32-,34-,35-,40+/m0/s1. The molecule has 0 radical (unpaired) electrons. The van der Waals surface area contributed by atoms with Gasteiger partial charge in [-0.3, -0.25) is 24.1 Å². The zero-order valence-corrected chi connectivity index (χ0v) is 26.7. The highest BCUT2D eigenvalue weighted by atomic mass is 16.3. The number of nitrogens with one attached hydrogen (secondary N) is 1. The van der Waals surface area contributed by atoms with E-state index in [1.807, 2.05) is 73.7 Å². The van der Waals surface area contributed by atoms with Gasteiger partial charge in [0, 0.05) is 17.3 Å². The quantitative estimate of drug-likeness (QED) is 0.183. The first kappa shape index (κ1) is 29.9. The van der Waals surface area contributed by atoms with Gasteiger partial charge in [0.1, 0.15) is 5.75 Å². The number of para-hydroxylation sites is 2. The van der Waals surface area contributed by atoms with Gasteiger partial charge in [0.05, 0.1) is 34.5 Å². The lowest BCUT2D eigenvalue weighted by Crippen LogP contribution is -2.48. The molecular formula is C40H35N3O5. The van der Waals surface area contributed by atoms with Crippen LogP contribution in [0.1, 0.15) is 36.8 Å². The molecule has 2 aliphatic heterocycles. The summed E-state index contributed by atoms with van der Waals surface area (Å²) in [6.45, 7) is 3.68. The number of phenols is 1. The zero-order valence-electron chi connectivity index (χ0n) is 26.7. The third-order valence-corrected chi connectivity index (χ3v) is 11.0. The molecule has 1 saturated carbocycles. The zero-order chi connectivity index (χ0) is 33.3. The molecule has 6 atom stereocenters. The Bertz CT molecular complexity index is 2010. The third kappa shape index (κ3) is 4.35. The maximum atomic E-state index is 14.5. The van der Waals surface area contributed by atoms with Crippen LogP contribution in [0, 0.1) is 36.0 Å². The number of aryl methyl sites for hydroxylation is 1. The van der Waals surface area contributed by atoms with Crippen LogP contribution < -0.4 is 15.1 Å². The predicted molar refractivity (Wildman–Crippen MR) is 183 cm³/mol. The first-order valence-electron chi connectivity index (χ1n) is 16.4. The van der Waals surface area contributed by atoms with Crippen LogP contribution in [0.2, 0.25) is 0 Å². The van der Waals surface area contributed by atoms with Gasteiger partial charge in [-0.15, -0.1) is 0 Å². The van der Waals surface area contributed by atoms with Gasteiger partial charge in [-0.2, -0.15) is 0 Å². The van der Waals surface area contributed by atoms with Gasteiger partial charge < -0.3 is 10.4 Å². The molecular weight excluding hydrogens is 602 g/mol. The first-order valence-corrected chi connectivity index (χ1v) is 16.4. The second-order valence-corrected chi connectivity index (χ2v) is 13.6. The van der Waals surface area contributed by atoms with Crippen molar-refractivity contribution in [3.8, 4) is 5.75 Å². The van der Waals surface area contributed by atoms with Gasteiger partial charge in [-0.1, -0.05) is 60.2 Å². The van der Waals surface area contributed by atoms with Crippen LogP contribution in [-0.4, -0.2) is 28.7 Å². The molecule has 4 aromatic rings. The number of aromatic hydroxyl groups is 1. The Hall–Kier alpha value is -5.50. The Morgan fingerprint density at radius 2 is 1.38 bits per heavy atom. The van der Waals surface area contributed by atoms with Crippen molar-refractivity contribution in [2.24, 2.45) is 29.1 Å². The number of carbonyl (C=O) groups is 4. The second kappa shape index (κ2) is 11.0. The van der Waals surface area contributed by atoms with Crippen LogP contribution in [-0.2, 0) is 19.2 Å². The molecule has 4 aliphatic rings. The number of anilines is 4. The molecule has 2 heterocycles. The fourth-order valence-electron chi connectivity index (χ4n) is 8.71. The number of phenolic OH excluding ortho intramolecular Hbond substituents is 1. The molecule has 48 heavy (non-hydrogen) atoms. The van der Waals surface area contributed by atoms with E-state index in [-0.39, 0.29) is 35.8 Å². The first-order chi connectivity index (χ1) is 23.2. The summed E-state index contributed by atoms with van der Waals surface area (Å²) in [6, 6.07) is 31.3. The van der Waals surface area contributed by atoms with E-state index in [1.54, 1.807) is 49.4 Å². The molecule has 4 aromatic carbocycles. The smallest absolute Gasteiger partial charge is 0.241 e. The van der Waals surface area contributed by atoms with Crippen molar-refractivity contribution in [2.75, 3.05) is 15.1 Å². The summed E-state index contributed by atoms with van der Waals surface area (Å²) in [4.78, 5) is 59.8. The molecule has 3 fully saturated rings. The molecule has 2 N–H and O–H groups in total. The molecule has 8 heteroatoms. The second-order valence-electron chi connectivity index (χ2n) is 13.6. The van der Waals surface area contributed by atoms with Crippen molar-refractivity contribution in [3.63, 3.8) is 0 Å². The molecule has 2 saturated heterocycles. The van der Waals surface area contributed by atoms with Crippen molar-refractivity contribution in [3.05, 3.63) is 126 Å². The molecule has 2 aliphatic carbocycles. The molecule has 240 valence electrons. The van der Waals surface area contributed by atoms with Crippen LogP contribution in [0.3, 0.4) is 0 Å². The van der Waals surface area contributed by atoms with Crippen LogP contribution in [0.5, 0.6) is 5.75 Å². The average Bonchev–Trinajstić information content (AvgIpc) is 3.46. The van der Waals surface area contributed by atoms with E-state index < -0.39 is 35.0 Å². The Labute approximate surface area is 278 Å². The molecule has 0 unspecified atom stereocenters. The molecule has 0 bridgehead atoms. The highest BCUT2D eigenvalue weighted by Crippen LogP contribution is 2.63. The van der Waals surface area contributed by atoms with Gasteiger partial charge in [0.2, 0.25) is 23.6 Å². The number of allylic oxidation sites excluding steroid dienone is 2. The minimum atomic E-state index is -1.13. The van der Waals surface area contributed by atoms with Crippen LogP contribution in [0.15, 0.2) is 115 Å². The summed E-state index contributed by atoms with van der Waals surface area (Å²) in [5, 5.41) is 13.7. The van der Waals surface area contributed by atoms with E-state index in [0.717, 1.165) is 22.5 Å². The molecule has 0 spiro atoms. The average molecular weight is 638 g/mol. The van der Waals surface area contributed by atoms with Gasteiger partial charge in [-0.05, 0) is 98.3 Å². The van der Waals surface area contributed by atoms with Crippen molar-refractivity contribution < 1.29 is 24.3 Å². The number of imide groups is 2. The van der Waals surface area contributed by atoms with Crippen molar-refractivity contribution in [1.82, 2.24) is 0 Å². The molecule has 4 amide bonds. The number of fused-ring (bicyclic) bond motifs is 4. The lowest BCUT2D eigenvalue weighted by molar-refractivity contribution is -0.131. The van der Waals surface area contributed by atoms with Crippen molar-refractivity contribution >= 4 is 46.4 Å². The van der Waals surface area contributed by atoms with E-state index in [0.29, 0.717) is 23.4 Å². The number of rotatable bonds is 5.